The van der Waals surface area contributed by atoms with Crippen LogP contribution in [0.15, 0.2) is 35.4 Å². The summed E-state index contributed by atoms with van der Waals surface area (Å²) < 4.78 is 31.4. The van der Waals surface area contributed by atoms with E-state index in [9.17, 15) is 19.1 Å². The normalized spacial score (nSPS) is 20.1. The first-order valence-electron chi connectivity index (χ1n) is 13.7. The number of aromatic nitrogens is 4. The molecular weight excluding hydrogens is 544 g/mol. The zero-order chi connectivity index (χ0) is 29.7. The Bertz CT molecular complexity index is 2040. The maximum atomic E-state index is 15.3. The molecule has 2 aliphatic rings. The minimum absolute atomic E-state index is 0.0697. The third-order valence-electron chi connectivity index (χ3n) is 9.01. The van der Waals surface area contributed by atoms with Crippen LogP contribution in [0.1, 0.15) is 23.2 Å². The first-order chi connectivity index (χ1) is 20.0. The van der Waals surface area contributed by atoms with Crippen LogP contribution in [0.4, 0.5) is 20.3 Å². The Morgan fingerprint density at radius 1 is 1.24 bits per heavy atom. The van der Waals surface area contributed by atoms with Gasteiger partial charge >= 0.3 is 5.97 Å². The predicted molar refractivity (Wildman–Crippen MR) is 157 cm³/mol. The van der Waals surface area contributed by atoms with Crippen molar-refractivity contribution in [1.29, 1.82) is 0 Å². The van der Waals surface area contributed by atoms with E-state index in [-0.39, 0.29) is 21.8 Å². The molecule has 2 unspecified atom stereocenters. The van der Waals surface area contributed by atoms with E-state index in [4.69, 9.17) is 4.98 Å². The van der Waals surface area contributed by atoms with Crippen LogP contribution in [-0.2, 0) is 7.05 Å². The minimum Gasteiger partial charge on any atom is -0.477 e. The number of benzene rings is 1. The first kappa shape index (κ1) is 26.3. The van der Waals surface area contributed by atoms with Gasteiger partial charge in [-0.2, -0.15) is 0 Å². The van der Waals surface area contributed by atoms with Crippen LogP contribution >= 0.6 is 0 Å². The molecule has 0 radical (unpaired) electrons. The van der Waals surface area contributed by atoms with Gasteiger partial charge in [-0.1, -0.05) is 0 Å². The largest absolute Gasteiger partial charge is 0.477 e. The van der Waals surface area contributed by atoms with Gasteiger partial charge in [0.05, 0.1) is 16.6 Å². The Morgan fingerprint density at radius 3 is 2.71 bits per heavy atom. The number of aromatic amines is 1. The maximum absolute atomic E-state index is 15.3. The molecule has 4 aromatic heterocycles. The second-order valence-corrected chi connectivity index (χ2v) is 11.7. The number of hydrogen-bond acceptors (Lipinski definition) is 7. The van der Waals surface area contributed by atoms with Gasteiger partial charge in [-0.3, -0.25) is 4.79 Å². The monoisotopic (exact) mass is 573 g/mol. The van der Waals surface area contributed by atoms with Crippen LogP contribution < -0.4 is 15.6 Å². The van der Waals surface area contributed by atoms with Crippen molar-refractivity contribution < 1.29 is 18.7 Å². The van der Waals surface area contributed by atoms with Crippen molar-refractivity contribution in [3.8, 4) is 11.1 Å². The second-order valence-electron chi connectivity index (χ2n) is 11.7. The lowest BCUT2D eigenvalue weighted by atomic mass is 10.0. The van der Waals surface area contributed by atoms with Crippen LogP contribution in [0.3, 0.4) is 0 Å². The number of nitrogens with zero attached hydrogens (tertiary/aromatic N) is 5. The fourth-order valence-corrected chi connectivity index (χ4v) is 6.80. The van der Waals surface area contributed by atoms with Gasteiger partial charge in [0.1, 0.15) is 22.7 Å². The van der Waals surface area contributed by atoms with Crippen molar-refractivity contribution in [2.45, 2.75) is 18.9 Å². The number of hydrogen-bond donors (Lipinski definition) is 3. The number of fused-ring (bicyclic) bond motifs is 4. The molecule has 1 spiro atoms. The number of aryl methyl sites for hydroxylation is 1. The molecule has 5 aromatic rings. The average Bonchev–Trinajstić information content (AvgIpc) is 3.31. The number of halogens is 2. The van der Waals surface area contributed by atoms with Crippen molar-refractivity contribution in [3.05, 3.63) is 58.0 Å². The lowest BCUT2D eigenvalue weighted by Crippen LogP contribution is -2.26. The zero-order valence-electron chi connectivity index (χ0n) is 23.5. The Kier molecular flexibility index (Phi) is 5.62. The number of anilines is 2. The average molecular weight is 574 g/mol. The molecule has 2 fully saturated rings. The number of carboxylic acid groups (broad SMARTS) is 1. The van der Waals surface area contributed by atoms with Crippen molar-refractivity contribution in [1.82, 2.24) is 24.4 Å². The third-order valence-corrected chi connectivity index (χ3v) is 9.01. The fraction of sp³-hybridized carbons (Fsp3) is 0.333. The molecule has 5 heterocycles. The van der Waals surface area contributed by atoms with Crippen LogP contribution in [0.25, 0.3) is 44.1 Å². The minimum atomic E-state index is -1.33. The molecule has 1 saturated carbocycles. The highest BCUT2D eigenvalue weighted by atomic mass is 19.2. The fourth-order valence-electron chi connectivity index (χ4n) is 6.80. The van der Waals surface area contributed by atoms with Gasteiger partial charge in [-0.25, -0.2) is 23.5 Å². The lowest BCUT2D eigenvalue weighted by Gasteiger charge is -2.22. The summed E-state index contributed by atoms with van der Waals surface area (Å²) >= 11 is 0. The quantitative estimate of drug-likeness (QED) is 0.287. The highest BCUT2D eigenvalue weighted by Crippen LogP contribution is 2.56. The lowest BCUT2D eigenvalue weighted by molar-refractivity contribution is 0.0695. The van der Waals surface area contributed by atoms with Gasteiger partial charge < -0.3 is 29.8 Å². The molecule has 216 valence electrons. The molecule has 2 atom stereocenters. The van der Waals surface area contributed by atoms with Gasteiger partial charge in [0.25, 0.3) is 0 Å². The summed E-state index contributed by atoms with van der Waals surface area (Å²) in [6.07, 6.45) is 4.93. The molecule has 7 rings (SSSR count). The van der Waals surface area contributed by atoms with Crippen molar-refractivity contribution in [3.63, 3.8) is 0 Å². The number of pyridine rings is 3. The van der Waals surface area contributed by atoms with Gasteiger partial charge in [-0.15, -0.1) is 0 Å². The van der Waals surface area contributed by atoms with Crippen LogP contribution in [0.2, 0.25) is 0 Å². The second kappa shape index (κ2) is 8.96. The molecule has 1 aliphatic carbocycles. The van der Waals surface area contributed by atoms with Crippen LogP contribution in [0.5, 0.6) is 0 Å². The Labute approximate surface area is 238 Å². The van der Waals surface area contributed by atoms with E-state index in [1.165, 1.54) is 10.8 Å². The van der Waals surface area contributed by atoms with Gasteiger partial charge in [-0.05, 0) is 39.1 Å². The summed E-state index contributed by atoms with van der Waals surface area (Å²) in [4.78, 5) is 42.1. The summed E-state index contributed by atoms with van der Waals surface area (Å²) in [5, 5.41) is 13.1. The third kappa shape index (κ3) is 3.71. The number of H-pyrrole nitrogens is 1. The van der Waals surface area contributed by atoms with Gasteiger partial charge in [0, 0.05) is 79.0 Å². The Morgan fingerprint density at radius 2 is 2.02 bits per heavy atom. The summed E-state index contributed by atoms with van der Waals surface area (Å²) in [6, 6.07) is 4.95. The van der Waals surface area contributed by atoms with E-state index in [0.717, 1.165) is 32.0 Å². The van der Waals surface area contributed by atoms with Crippen molar-refractivity contribution >= 4 is 50.4 Å². The van der Waals surface area contributed by atoms with Crippen molar-refractivity contribution in [2.75, 3.05) is 44.4 Å². The highest BCUT2D eigenvalue weighted by molar-refractivity contribution is 6.12. The molecular formula is C30H29F2N7O3. The molecule has 0 amide bonds. The summed E-state index contributed by atoms with van der Waals surface area (Å²) in [7, 11) is 7.43. The molecule has 1 saturated heterocycles. The highest BCUT2D eigenvalue weighted by Gasteiger charge is 2.58. The molecule has 10 nitrogen and oxygen atoms in total. The zero-order valence-corrected chi connectivity index (χ0v) is 23.5. The number of rotatable bonds is 5. The van der Waals surface area contributed by atoms with E-state index in [1.54, 1.807) is 32.4 Å². The van der Waals surface area contributed by atoms with Crippen molar-refractivity contribution in [2.24, 2.45) is 12.5 Å². The molecule has 3 N–H and O–H groups in total. The van der Waals surface area contributed by atoms with Crippen LogP contribution in [0, 0.1) is 17.0 Å². The molecule has 1 aromatic carbocycles. The molecule has 12 heteroatoms. The number of carbonyl (C=O) groups is 1. The maximum Gasteiger partial charge on any atom is 0.341 e. The predicted octanol–water partition coefficient (Wildman–Crippen LogP) is 4.18. The SMILES string of the molecule is CNc1cc(F)c(F)c2c1[nH]c1nc(N3CCC4(CC4N(C)C)C3)c(-c3cnc4c(c3)c(=O)c(C(=O)O)cn4C)cc12. The number of nitrogens with one attached hydrogen (secondary N) is 2. The number of aromatic carboxylic acids is 1. The van der Waals surface area contributed by atoms with E-state index < -0.39 is 23.0 Å². The first-order valence-corrected chi connectivity index (χ1v) is 13.7. The summed E-state index contributed by atoms with van der Waals surface area (Å²) in [5.41, 5.74) is 1.78. The van der Waals surface area contributed by atoms with E-state index in [2.05, 4.69) is 39.2 Å². The van der Waals surface area contributed by atoms with Crippen LogP contribution in [-0.4, -0.2) is 75.8 Å². The van der Waals surface area contributed by atoms with E-state index in [1.807, 2.05) is 0 Å². The van der Waals surface area contributed by atoms with Gasteiger partial charge in [0.15, 0.2) is 11.6 Å². The Balaban J connectivity index is 1.49. The summed E-state index contributed by atoms with van der Waals surface area (Å²) in [5.74, 6) is -2.67. The molecule has 0 bridgehead atoms. The van der Waals surface area contributed by atoms with E-state index >= 15 is 4.39 Å². The standard InChI is InChI=1S/C30H29F2N7O3/c1-33-20-9-19(31)23(32)22-16-8-15(14-7-17-25(40)18(29(41)42)12-38(4)27(17)34-11-14)28(36-26(16)35-24(20)22)39-6-5-30(13-39)10-21(30)37(2)3/h7-9,11-12,21,33H,5-6,10,13H2,1-4H3,(H,35,36)(H,41,42). The van der Waals surface area contributed by atoms with E-state index in [0.29, 0.717) is 50.9 Å². The topological polar surface area (TPSA) is 119 Å². The molecule has 1 aliphatic heterocycles. The Hall–Kier alpha value is -4.58. The smallest absolute Gasteiger partial charge is 0.341 e. The number of carboxylic acids is 1. The summed E-state index contributed by atoms with van der Waals surface area (Å²) in [6.45, 7) is 1.53. The molecule has 42 heavy (non-hydrogen) atoms. The van der Waals surface area contributed by atoms with Gasteiger partial charge in [0.2, 0.25) is 5.43 Å².